The average Bonchev–Trinajstić information content (AvgIpc) is 2.60. The van der Waals surface area contributed by atoms with Gasteiger partial charge in [-0.15, -0.1) is 23.5 Å². The van der Waals surface area contributed by atoms with Crippen LogP contribution in [-0.4, -0.2) is 178 Å². The molecule has 0 aromatic heterocycles. The third-order valence-electron chi connectivity index (χ3n) is 14.0. The highest BCUT2D eigenvalue weighted by Crippen LogP contribution is 2.38. The van der Waals surface area contributed by atoms with Crippen molar-refractivity contribution in [2.45, 2.75) is 106 Å². The second kappa shape index (κ2) is 31.0. The largest absolute Gasteiger partial charge is 0.501 e. The number of likely N-dealkylation sites (N-methyl/N-ethyl adjacent to an activating group) is 2. The number of ether oxygens (including phenoxy) is 2. The first kappa shape index (κ1) is 70.4. The molecule has 2 aliphatic rings. The van der Waals surface area contributed by atoms with Gasteiger partial charge >= 0.3 is 11.0 Å². The smallest absolute Gasteiger partial charge is 0.373 e. The monoisotopic (exact) mass is 1300 g/mol. The Morgan fingerprint density at radius 3 is 1.19 bits per heavy atom. The van der Waals surface area contributed by atoms with Crippen LogP contribution in [0.3, 0.4) is 0 Å². The number of carbonyl (C=O) groups is 2. The molecule has 2 aliphatic heterocycles. The van der Waals surface area contributed by atoms with E-state index in [0.717, 1.165) is 60.2 Å². The van der Waals surface area contributed by atoms with Crippen LogP contribution >= 0.6 is 23.5 Å². The lowest BCUT2D eigenvalue weighted by Gasteiger charge is -2.36. The number of alkyl halides is 6. The quantitative estimate of drug-likeness (QED) is 0.0471. The Labute approximate surface area is 497 Å². The van der Waals surface area contributed by atoms with E-state index in [1.807, 2.05) is 88.4 Å². The van der Waals surface area contributed by atoms with Gasteiger partial charge < -0.3 is 29.1 Å². The third-order valence-corrected chi connectivity index (χ3v) is 21.5. The minimum Gasteiger partial charge on any atom is -0.373 e. The van der Waals surface area contributed by atoms with E-state index in [-0.39, 0.29) is 60.8 Å². The van der Waals surface area contributed by atoms with Gasteiger partial charge in [0.25, 0.3) is 19.7 Å². The SMILES string of the molecule is CCN(CC)C[C@@H]1CN(C(=O)C[C@H](CSc2ccccc2)Cc2ccc(S(N)(=O)=O)cc2S(=O)(=O)C(F)(F)F)CCO1.CCN(CC)C[C@H]1CN(C(=O)C[C@H](CSc2ccccc2)Cc2ccc(S(N)(=O)=O)cc2S(=O)(=O)C(F)(F)F)CCO1. The molecule has 6 rings (SSSR count). The van der Waals surface area contributed by atoms with Crippen LogP contribution in [0.15, 0.2) is 126 Å². The highest BCUT2D eigenvalue weighted by atomic mass is 32.2. The highest BCUT2D eigenvalue weighted by Gasteiger charge is 2.49. The van der Waals surface area contributed by atoms with Crippen molar-refractivity contribution in [3.05, 3.63) is 108 Å². The summed E-state index contributed by atoms with van der Waals surface area (Å²) in [4.78, 5) is 32.5. The number of nitrogens with two attached hydrogens (primary N) is 2. The molecule has 0 aliphatic carbocycles. The number of hydrogen-bond acceptors (Lipinski definition) is 16. The van der Waals surface area contributed by atoms with Gasteiger partial charge in [0.05, 0.1) is 45.0 Å². The number of primary sulfonamides is 2. The van der Waals surface area contributed by atoms with Gasteiger partial charge in [-0.25, -0.2) is 43.9 Å². The van der Waals surface area contributed by atoms with Crippen molar-refractivity contribution < 1.29 is 79.1 Å². The molecule has 0 saturated carbocycles. The summed E-state index contributed by atoms with van der Waals surface area (Å²) >= 11 is 2.78. The van der Waals surface area contributed by atoms with E-state index >= 15 is 0 Å². The van der Waals surface area contributed by atoms with Crippen LogP contribution in [0.25, 0.3) is 0 Å². The lowest BCUT2D eigenvalue weighted by atomic mass is 9.97. The standard InChI is InChI=1S/2C27H36F3N3O6S3/c2*1-3-32(4-2)17-22-18-33(12-13-39-22)26(34)15-20(19-40-23-8-6-5-7-9-23)14-21-10-11-24(42(31,37)38)16-25(21)41(35,36)27(28,29)30/h2*5-11,16,20,22H,3-4,12-15,17-19H2,1-2H3,(H2,31,37,38)/t20-,22+;20-,22-/m11/s1. The minimum absolute atomic E-state index is 0.0553. The fourth-order valence-electron chi connectivity index (χ4n) is 9.38. The van der Waals surface area contributed by atoms with E-state index in [1.54, 1.807) is 9.80 Å². The van der Waals surface area contributed by atoms with Gasteiger partial charge in [-0.3, -0.25) is 9.59 Å². The Bertz CT molecular complexity index is 3060. The summed E-state index contributed by atoms with van der Waals surface area (Å²) in [6, 6.07) is 23.3. The normalized spacial score (nSPS) is 17.4. The Balaban J connectivity index is 0.000000307. The van der Waals surface area contributed by atoms with E-state index in [9.17, 15) is 69.6 Å². The second-order valence-electron chi connectivity index (χ2n) is 20.0. The molecule has 2 heterocycles. The van der Waals surface area contributed by atoms with Crippen molar-refractivity contribution in [2.24, 2.45) is 22.1 Å². The minimum atomic E-state index is -5.92. The number of carbonyl (C=O) groups excluding carboxylic acids is 2. The number of benzene rings is 4. The van der Waals surface area contributed by atoms with E-state index in [2.05, 4.69) is 9.80 Å². The van der Waals surface area contributed by atoms with Crippen LogP contribution in [0.5, 0.6) is 0 Å². The maximum atomic E-state index is 13.6. The molecule has 0 bridgehead atoms. The first-order chi connectivity index (χ1) is 39.3. The van der Waals surface area contributed by atoms with Gasteiger partial charge in [0, 0.05) is 73.4 Å². The van der Waals surface area contributed by atoms with E-state index in [0.29, 0.717) is 76.1 Å². The van der Waals surface area contributed by atoms with Gasteiger partial charge in [-0.2, -0.15) is 26.3 Å². The molecule has 2 fully saturated rings. The fraction of sp³-hybridized carbons (Fsp3) is 0.519. The van der Waals surface area contributed by atoms with Gasteiger partial charge in [0.15, 0.2) is 0 Å². The van der Waals surface area contributed by atoms with E-state index in [4.69, 9.17) is 19.8 Å². The summed E-state index contributed by atoms with van der Waals surface area (Å²) in [7, 11) is -20.8. The molecule has 468 valence electrons. The number of thioether (sulfide) groups is 2. The maximum Gasteiger partial charge on any atom is 0.501 e. The first-order valence-corrected chi connectivity index (χ1v) is 34.9. The molecule has 18 nitrogen and oxygen atoms in total. The molecule has 30 heteroatoms. The summed E-state index contributed by atoms with van der Waals surface area (Å²) in [5.41, 5.74) is -11.8. The van der Waals surface area contributed by atoms with Crippen LogP contribution in [0.2, 0.25) is 0 Å². The third kappa shape index (κ3) is 20.4. The van der Waals surface area contributed by atoms with Gasteiger partial charge in [-0.05, 0) is 111 Å². The summed E-state index contributed by atoms with van der Waals surface area (Å²) < 4.78 is 191. The second-order valence-corrected chi connectivity index (χ2v) is 29.1. The maximum absolute atomic E-state index is 13.6. The lowest BCUT2D eigenvalue weighted by molar-refractivity contribution is -0.140. The Morgan fingerprint density at radius 2 is 0.893 bits per heavy atom. The zero-order valence-electron chi connectivity index (χ0n) is 46.8. The van der Waals surface area contributed by atoms with Crippen LogP contribution in [0.1, 0.15) is 51.7 Å². The molecule has 4 aromatic rings. The number of amides is 2. The van der Waals surface area contributed by atoms with Crippen LogP contribution in [-0.2, 0) is 71.6 Å². The molecule has 0 spiro atoms. The van der Waals surface area contributed by atoms with Gasteiger partial charge in [0.1, 0.15) is 0 Å². The molecule has 0 unspecified atom stereocenters. The summed E-state index contributed by atoms with van der Waals surface area (Å²) in [6.45, 7) is 14.9. The molecule has 0 radical (unpaired) electrons. The number of sulfonamides is 2. The van der Waals surface area contributed by atoms with Gasteiger partial charge in [0.2, 0.25) is 31.9 Å². The molecular formula is C54H72F6N6O12S6. The Morgan fingerprint density at radius 1 is 0.560 bits per heavy atom. The summed E-state index contributed by atoms with van der Waals surface area (Å²) in [5, 5.41) is 10.2. The zero-order valence-corrected chi connectivity index (χ0v) is 51.7. The highest BCUT2D eigenvalue weighted by molar-refractivity contribution is 7.99. The molecule has 4 atom stereocenters. The number of rotatable bonds is 26. The molecule has 4 N–H and O–H groups in total. The predicted octanol–water partition coefficient (Wildman–Crippen LogP) is 7.08. The average molecular weight is 1300 g/mol. The van der Waals surface area contributed by atoms with Crippen LogP contribution in [0.4, 0.5) is 26.3 Å². The number of nitrogens with zero attached hydrogens (tertiary/aromatic N) is 4. The number of sulfone groups is 2. The van der Waals surface area contributed by atoms with Crippen molar-refractivity contribution in [2.75, 3.05) is 90.2 Å². The number of hydrogen-bond donors (Lipinski definition) is 2. The topological polar surface area (TPSA) is 254 Å². The number of halogens is 6. The van der Waals surface area contributed by atoms with Crippen molar-refractivity contribution in [3.8, 4) is 0 Å². The summed E-state index contributed by atoms with van der Waals surface area (Å²) in [6.07, 6.45) is -0.911. The van der Waals surface area contributed by atoms with Gasteiger partial charge in [-0.1, -0.05) is 76.2 Å². The molecule has 84 heavy (non-hydrogen) atoms. The summed E-state index contributed by atoms with van der Waals surface area (Å²) in [5.74, 6) is -0.994. The van der Waals surface area contributed by atoms with Crippen molar-refractivity contribution in [3.63, 3.8) is 0 Å². The fourth-order valence-corrected chi connectivity index (χ4v) is 14.7. The van der Waals surface area contributed by atoms with E-state index in [1.165, 1.54) is 23.5 Å². The Kier molecular flexibility index (Phi) is 26.0. The van der Waals surface area contributed by atoms with Crippen LogP contribution in [0, 0.1) is 11.8 Å². The van der Waals surface area contributed by atoms with Crippen molar-refractivity contribution in [1.82, 2.24) is 19.6 Å². The van der Waals surface area contributed by atoms with Crippen molar-refractivity contribution in [1.29, 1.82) is 0 Å². The number of morpholine rings is 2. The Hall–Kier alpha value is -4.34. The van der Waals surface area contributed by atoms with Crippen molar-refractivity contribution >= 4 is 75.1 Å². The van der Waals surface area contributed by atoms with Crippen LogP contribution < -0.4 is 10.3 Å². The first-order valence-electron chi connectivity index (χ1n) is 26.8. The molecule has 2 amide bonds. The lowest BCUT2D eigenvalue weighted by Crippen LogP contribution is -2.50. The molecular weight excluding hydrogens is 1230 g/mol. The zero-order chi connectivity index (χ0) is 62.3. The van der Waals surface area contributed by atoms with E-state index < -0.39 is 82.2 Å². The molecule has 4 aromatic carbocycles. The molecule has 2 saturated heterocycles. The predicted molar refractivity (Wildman–Crippen MR) is 308 cm³/mol.